The summed E-state index contributed by atoms with van der Waals surface area (Å²) in [5.41, 5.74) is 2.62. The molecule has 2 fully saturated rings. The van der Waals surface area contributed by atoms with Crippen LogP contribution in [0.15, 0.2) is 12.7 Å². The lowest BCUT2D eigenvalue weighted by Gasteiger charge is -2.24. The van der Waals surface area contributed by atoms with Crippen LogP contribution in [0.3, 0.4) is 0 Å². The van der Waals surface area contributed by atoms with Crippen LogP contribution in [0.2, 0.25) is 0 Å². The Kier molecular flexibility index (Phi) is 4.87. The molecule has 0 aromatic carbocycles. The van der Waals surface area contributed by atoms with Crippen molar-refractivity contribution in [2.45, 2.75) is 71.5 Å². The summed E-state index contributed by atoms with van der Waals surface area (Å²) in [5, 5.41) is 0. The fourth-order valence-electron chi connectivity index (χ4n) is 4.40. The van der Waals surface area contributed by atoms with E-state index in [-0.39, 0.29) is 30.1 Å². The molecule has 0 unspecified atom stereocenters. The van der Waals surface area contributed by atoms with Crippen molar-refractivity contribution in [3.63, 3.8) is 0 Å². The maximum absolute atomic E-state index is 11.3. The summed E-state index contributed by atoms with van der Waals surface area (Å²) in [4.78, 5) is 24.9. The van der Waals surface area contributed by atoms with Crippen LogP contribution in [-0.2, 0) is 25.4 Å². The van der Waals surface area contributed by atoms with Crippen LogP contribution in [0.1, 0.15) is 52.8 Å². The number of imidazole rings is 1. The van der Waals surface area contributed by atoms with Crippen molar-refractivity contribution < 1.29 is 19.0 Å². The van der Waals surface area contributed by atoms with Gasteiger partial charge in [-0.2, -0.15) is 0 Å². The van der Waals surface area contributed by atoms with Crippen molar-refractivity contribution >= 4 is 17.1 Å². The number of esters is 1. The lowest BCUT2D eigenvalue weighted by atomic mass is 10.1. The Morgan fingerprint density at radius 2 is 2.04 bits per heavy atom. The highest BCUT2D eigenvalue weighted by molar-refractivity contribution is 5.73. The van der Waals surface area contributed by atoms with Gasteiger partial charge in [-0.25, -0.2) is 15.0 Å². The van der Waals surface area contributed by atoms with Crippen LogP contribution in [-0.4, -0.2) is 50.1 Å². The van der Waals surface area contributed by atoms with Crippen molar-refractivity contribution in [1.82, 2.24) is 19.5 Å². The first-order valence-electron chi connectivity index (χ1n) is 9.90. The first-order valence-corrected chi connectivity index (χ1v) is 9.90. The number of fused-ring (bicyclic) bond motifs is 2. The van der Waals surface area contributed by atoms with E-state index in [0.717, 1.165) is 29.7 Å². The molecule has 0 bridgehead atoms. The average molecular weight is 388 g/mol. The summed E-state index contributed by atoms with van der Waals surface area (Å²) < 4.78 is 19.8. The van der Waals surface area contributed by atoms with Gasteiger partial charge in [0, 0.05) is 12.8 Å². The molecule has 2 aromatic rings. The molecule has 152 valence electrons. The van der Waals surface area contributed by atoms with Gasteiger partial charge in [0.05, 0.1) is 30.8 Å². The second-order valence-electron chi connectivity index (χ2n) is 8.67. The maximum Gasteiger partial charge on any atom is 0.302 e. The molecule has 4 atom stereocenters. The van der Waals surface area contributed by atoms with E-state index in [2.05, 4.69) is 33.4 Å². The van der Waals surface area contributed by atoms with Crippen molar-refractivity contribution in [3.8, 4) is 0 Å². The summed E-state index contributed by atoms with van der Waals surface area (Å²) >= 11 is 0. The van der Waals surface area contributed by atoms with E-state index >= 15 is 0 Å². The van der Waals surface area contributed by atoms with Gasteiger partial charge in [0.25, 0.3) is 0 Å². The molecule has 1 saturated heterocycles. The normalized spacial score (nSPS) is 28.8. The summed E-state index contributed by atoms with van der Waals surface area (Å²) in [5.74, 6) is -0.400. The van der Waals surface area contributed by atoms with Gasteiger partial charge in [0.1, 0.15) is 17.9 Å². The molecule has 0 radical (unpaired) electrons. The number of rotatable bonds is 5. The van der Waals surface area contributed by atoms with E-state index in [1.807, 2.05) is 20.2 Å². The van der Waals surface area contributed by atoms with E-state index in [0.29, 0.717) is 12.5 Å². The standard InChI is InChI=1S/C20H28N4O4/c1-11(2)6-14-16-19(22-9-21-14)24(10-23-16)15-7-13(8-26-12(3)25)17-18(15)28-20(4,5)27-17/h9-11,13,15,17-18H,6-8H2,1-5H3/t13-,15-,17-,18+/m1/s1. The summed E-state index contributed by atoms with van der Waals surface area (Å²) in [6.45, 7) is 9.92. The van der Waals surface area contributed by atoms with Crippen LogP contribution >= 0.6 is 0 Å². The van der Waals surface area contributed by atoms with Crippen molar-refractivity contribution in [3.05, 3.63) is 18.3 Å². The number of ether oxygens (including phenoxy) is 3. The Morgan fingerprint density at radius 1 is 1.29 bits per heavy atom. The van der Waals surface area contributed by atoms with E-state index < -0.39 is 5.79 Å². The van der Waals surface area contributed by atoms with Gasteiger partial charge in [0.2, 0.25) is 0 Å². The fraction of sp³-hybridized carbons (Fsp3) is 0.700. The van der Waals surface area contributed by atoms with E-state index in [9.17, 15) is 4.79 Å². The molecule has 2 aromatic heterocycles. The van der Waals surface area contributed by atoms with Crippen LogP contribution in [0.25, 0.3) is 11.2 Å². The van der Waals surface area contributed by atoms with Gasteiger partial charge in [0.15, 0.2) is 11.4 Å². The van der Waals surface area contributed by atoms with Gasteiger partial charge >= 0.3 is 5.97 Å². The molecule has 0 spiro atoms. The minimum absolute atomic E-state index is 0.0131. The Hall–Kier alpha value is -2.06. The molecule has 3 heterocycles. The highest BCUT2D eigenvalue weighted by Gasteiger charge is 2.55. The van der Waals surface area contributed by atoms with E-state index in [1.54, 1.807) is 6.33 Å². The zero-order chi connectivity index (χ0) is 20.1. The van der Waals surface area contributed by atoms with Gasteiger partial charge in [-0.15, -0.1) is 0 Å². The largest absolute Gasteiger partial charge is 0.465 e. The Bertz CT molecular complexity index is 878. The number of hydrogen-bond donors (Lipinski definition) is 0. The topological polar surface area (TPSA) is 88.4 Å². The zero-order valence-corrected chi connectivity index (χ0v) is 17.1. The lowest BCUT2D eigenvalue weighted by Crippen LogP contribution is -2.28. The molecule has 4 rings (SSSR count). The van der Waals surface area contributed by atoms with Crippen LogP contribution in [0.4, 0.5) is 0 Å². The summed E-state index contributed by atoms with van der Waals surface area (Å²) in [6, 6.07) is 0.0131. The SMILES string of the molecule is CC(=O)OC[C@H]1C[C@@H](n2cnc3c(CC(C)C)ncnc32)[C@@H]2OC(C)(C)O[C@H]12. The monoisotopic (exact) mass is 388 g/mol. The number of nitrogens with zero attached hydrogens (tertiary/aromatic N) is 4. The predicted molar refractivity (Wildman–Crippen MR) is 101 cm³/mol. The van der Waals surface area contributed by atoms with Crippen molar-refractivity contribution in [1.29, 1.82) is 0 Å². The molecule has 1 aliphatic heterocycles. The molecular weight excluding hydrogens is 360 g/mol. The first-order chi connectivity index (χ1) is 13.2. The molecule has 1 saturated carbocycles. The maximum atomic E-state index is 11.3. The van der Waals surface area contributed by atoms with Gasteiger partial charge in [-0.3, -0.25) is 4.79 Å². The Labute approximate surface area is 164 Å². The van der Waals surface area contributed by atoms with Gasteiger partial charge in [-0.05, 0) is 32.6 Å². The zero-order valence-electron chi connectivity index (χ0n) is 17.1. The number of carbonyl (C=O) groups excluding carboxylic acids is 1. The number of aromatic nitrogens is 4. The highest BCUT2D eigenvalue weighted by Crippen LogP contribution is 2.47. The summed E-state index contributed by atoms with van der Waals surface area (Å²) in [7, 11) is 0. The summed E-state index contributed by atoms with van der Waals surface area (Å²) in [6.07, 6.45) is 4.79. The average Bonchev–Trinajstić information content (AvgIpc) is 3.24. The minimum Gasteiger partial charge on any atom is -0.465 e. The Morgan fingerprint density at radius 3 is 2.75 bits per heavy atom. The molecular formula is C20H28N4O4. The quantitative estimate of drug-likeness (QED) is 0.728. The third-order valence-electron chi connectivity index (χ3n) is 5.45. The molecule has 8 nitrogen and oxygen atoms in total. The fourth-order valence-corrected chi connectivity index (χ4v) is 4.40. The third-order valence-corrected chi connectivity index (χ3v) is 5.45. The predicted octanol–water partition coefficient (Wildman–Crippen LogP) is 2.67. The second kappa shape index (κ2) is 7.08. The van der Waals surface area contributed by atoms with Crippen LogP contribution in [0, 0.1) is 11.8 Å². The number of carbonyl (C=O) groups is 1. The van der Waals surface area contributed by atoms with Crippen LogP contribution < -0.4 is 0 Å². The van der Waals surface area contributed by atoms with Gasteiger partial charge in [-0.1, -0.05) is 13.8 Å². The molecule has 1 aliphatic carbocycles. The molecule has 2 aliphatic rings. The number of hydrogen-bond acceptors (Lipinski definition) is 7. The van der Waals surface area contributed by atoms with E-state index in [1.165, 1.54) is 6.92 Å². The third kappa shape index (κ3) is 3.51. The van der Waals surface area contributed by atoms with Crippen molar-refractivity contribution in [2.24, 2.45) is 11.8 Å². The van der Waals surface area contributed by atoms with Crippen molar-refractivity contribution in [2.75, 3.05) is 6.61 Å². The molecule has 8 heteroatoms. The molecule has 0 amide bonds. The lowest BCUT2D eigenvalue weighted by molar-refractivity contribution is -0.164. The smallest absolute Gasteiger partial charge is 0.302 e. The van der Waals surface area contributed by atoms with Crippen LogP contribution in [0.5, 0.6) is 0 Å². The van der Waals surface area contributed by atoms with Gasteiger partial charge < -0.3 is 18.8 Å². The second-order valence-corrected chi connectivity index (χ2v) is 8.67. The highest BCUT2D eigenvalue weighted by atomic mass is 16.8. The minimum atomic E-state index is -0.670. The molecule has 28 heavy (non-hydrogen) atoms. The molecule has 0 N–H and O–H groups in total. The Balaban J connectivity index is 1.67. The first kappa shape index (κ1) is 19.3. The van der Waals surface area contributed by atoms with E-state index in [4.69, 9.17) is 14.2 Å².